The highest BCUT2D eigenvalue weighted by atomic mass is 15.2. The molecule has 0 bridgehead atoms. The van der Waals surface area contributed by atoms with Crippen LogP contribution in [0.15, 0.2) is 243 Å². The summed E-state index contributed by atoms with van der Waals surface area (Å²) in [6, 6.07) is 84.1. The van der Waals surface area contributed by atoms with Gasteiger partial charge in [-0.05, 0) is 140 Å². The van der Waals surface area contributed by atoms with Crippen LogP contribution in [0.25, 0.3) is 66.8 Å². The molecule has 1 unspecified atom stereocenters. The molecule has 10 rings (SSSR count). The summed E-state index contributed by atoms with van der Waals surface area (Å²) in [6.45, 7) is 4.45. The summed E-state index contributed by atoms with van der Waals surface area (Å²) < 4.78 is 0. The molecular formula is C62H49N. The molecule has 0 spiro atoms. The second kappa shape index (κ2) is 17.7. The lowest BCUT2D eigenvalue weighted by atomic mass is 9.81. The normalized spacial score (nSPS) is 13.5. The van der Waals surface area contributed by atoms with Crippen LogP contribution in [0.2, 0.25) is 0 Å². The first-order valence-electron chi connectivity index (χ1n) is 22.0. The fourth-order valence-corrected chi connectivity index (χ4v) is 9.22. The summed E-state index contributed by atoms with van der Waals surface area (Å²) in [5.41, 5.74) is 22.1. The molecule has 0 aliphatic heterocycles. The lowest BCUT2D eigenvalue weighted by molar-refractivity contribution is 0.804. The highest BCUT2D eigenvalue weighted by Gasteiger charge is 2.30. The Bertz CT molecular complexity index is 2910. The monoisotopic (exact) mass is 807 g/mol. The first-order chi connectivity index (χ1) is 31.1. The van der Waals surface area contributed by atoms with Crippen molar-refractivity contribution in [1.82, 2.24) is 0 Å². The van der Waals surface area contributed by atoms with Crippen molar-refractivity contribution in [3.05, 3.63) is 265 Å². The van der Waals surface area contributed by atoms with E-state index < -0.39 is 0 Å². The van der Waals surface area contributed by atoms with Gasteiger partial charge in [0, 0.05) is 11.4 Å². The topological polar surface area (TPSA) is 3.24 Å². The molecule has 1 nitrogen and oxygen atoms in total. The van der Waals surface area contributed by atoms with Gasteiger partial charge in [0.2, 0.25) is 0 Å². The smallest absolute Gasteiger partial charge is 0.0638 e. The summed E-state index contributed by atoms with van der Waals surface area (Å²) in [7, 11) is 0. The van der Waals surface area contributed by atoms with Gasteiger partial charge in [-0.1, -0.05) is 212 Å². The Hall–Kier alpha value is -7.74. The van der Waals surface area contributed by atoms with Crippen LogP contribution in [0.5, 0.6) is 0 Å². The van der Waals surface area contributed by atoms with Gasteiger partial charge in [-0.25, -0.2) is 0 Å². The molecule has 0 saturated heterocycles. The van der Waals surface area contributed by atoms with Crippen molar-refractivity contribution in [1.29, 1.82) is 0 Å². The second-order valence-electron chi connectivity index (χ2n) is 16.5. The molecule has 1 aliphatic carbocycles. The van der Waals surface area contributed by atoms with Crippen LogP contribution >= 0.6 is 0 Å². The number of nitrogens with zero attached hydrogens (tertiary/aromatic N) is 1. The quantitative estimate of drug-likeness (QED) is 0.133. The number of aryl methyl sites for hydroxylation is 2. The Morgan fingerprint density at radius 2 is 0.698 bits per heavy atom. The number of hydrogen-bond donors (Lipinski definition) is 0. The molecular weight excluding hydrogens is 759 g/mol. The highest BCUT2D eigenvalue weighted by Crippen LogP contribution is 2.44. The SMILES string of the molecule is Cc1ccccc1-c1cc(C2=C(c3ccccc3)C=CCC2N(c2ccc(-c3ccc(-c4ccccc4)cc3)cc2)c2ccc(-c3ccc(-c4ccccc4)cc3)cc2)ccc1C. The first-order valence-corrected chi connectivity index (χ1v) is 22.0. The average Bonchev–Trinajstić information content (AvgIpc) is 3.36. The van der Waals surface area contributed by atoms with Crippen LogP contribution in [0.4, 0.5) is 11.4 Å². The number of benzene rings is 9. The maximum atomic E-state index is 2.57. The van der Waals surface area contributed by atoms with Crippen LogP contribution in [0, 0.1) is 13.8 Å². The zero-order chi connectivity index (χ0) is 42.5. The summed E-state index contributed by atoms with van der Waals surface area (Å²) in [5.74, 6) is 0. The summed E-state index contributed by atoms with van der Waals surface area (Å²) >= 11 is 0. The Morgan fingerprint density at radius 1 is 0.333 bits per heavy atom. The molecule has 0 aromatic heterocycles. The first kappa shape index (κ1) is 39.4. The highest BCUT2D eigenvalue weighted by molar-refractivity contribution is 6.01. The van der Waals surface area contributed by atoms with E-state index in [1.807, 2.05) is 0 Å². The molecule has 63 heavy (non-hydrogen) atoms. The third-order valence-electron chi connectivity index (χ3n) is 12.6. The molecule has 0 fully saturated rings. The molecule has 0 saturated carbocycles. The van der Waals surface area contributed by atoms with Crippen molar-refractivity contribution in [2.75, 3.05) is 4.90 Å². The van der Waals surface area contributed by atoms with E-state index in [1.54, 1.807) is 0 Å². The van der Waals surface area contributed by atoms with E-state index in [4.69, 9.17) is 0 Å². The van der Waals surface area contributed by atoms with Crippen LogP contribution < -0.4 is 4.90 Å². The van der Waals surface area contributed by atoms with Gasteiger partial charge in [-0.3, -0.25) is 0 Å². The lowest BCUT2D eigenvalue weighted by Crippen LogP contribution is -2.33. The Balaban J connectivity index is 1.08. The second-order valence-corrected chi connectivity index (χ2v) is 16.5. The molecule has 302 valence electrons. The van der Waals surface area contributed by atoms with Crippen molar-refractivity contribution in [3.63, 3.8) is 0 Å². The van der Waals surface area contributed by atoms with Crippen molar-refractivity contribution in [2.24, 2.45) is 0 Å². The predicted molar refractivity (Wildman–Crippen MR) is 269 cm³/mol. The largest absolute Gasteiger partial charge is 0.334 e. The minimum atomic E-state index is 0.00430. The molecule has 1 atom stereocenters. The summed E-state index contributed by atoms with van der Waals surface area (Å²) in [5, 5.41) is 0. The zero-order valence-electron chi connectivity index (χ0n) is 35.8. The van der Waals surface area contributed by atoms with Crippen LogP contribution in [0.3, 0.4) is 0 Å². The van der Waals surface area contributed by atoms with E-state index in [9.17, 15) is 0 Å². The van der Waals surface area contributed by atoms with Gasteiger partial charge in [-0.15, -0.1) is 0 Å². The van der Waals surface area contributed by atoms with Gasteiger partial charge >= 0.3 is 0 Å². The van der Waals surface area contributed by atoms with E-state index in [0.29, 0.717) is 0 Å². The fraction of sp³-hybridized carbons (Fsp3) is 0.0645. The van der Waals surface area contributed by atoms with Gasteiger partial charge in [0.15, 0.2) is 0 Å². The van der Waals surface area contributed by atoms with Gasteiger partial charge in [0.1, 0.15) is 0 Å². The van der Waals surface area contributed by atoms with E-state index in [-0.39, 0.29) is 6.04 Å². The maximum Gasteiger partial charge on any atom is 0.0638 e. The van der Waals surface area contributed by atoms with Crippen molar-refractivity contribution < 1.29 is 0 Å². The molecule has 0 amide bonds. The standard InChI is InChI=1S/C62H49N/c1-44-15-12-13-22-58(44)60-43-55(26-25-45(60)2)62-59(54-20-10-5-11-21-54)23-14-24-61(62)63(56-39-35-52(36-40-56)50-31-27-48(28-32-50)46-16-6-3-7-17-46)57-41-37-53(38-42-57)51-33-29-49(30-34-51)47-18-8-4-9-19-47/h3-23,25-43,61H,24H2,1-2H3. The Labute approximate surface area is 372 Å². The Morgan fingerprint density at radius 3 is 1.16 bits per heavy atom. The molecule has 0 radical (unpaired) electrons. The molecule has 0 heterocycles. The minimum absolute atomic E-state index is 0.00430. The van der Waals surface area contributed by atoms with E-state index in [0.717, 1.165) is 17.8 Å². The molecule has 0 N–H and O–H groups in total. The average molecular weight is 808 g/mol. The number of rotatable bonds is 10. The summed E-state index contributed by atoms with van der Waals surface area (Å²) in [4.78, 5) is 2.57. The zero-order valence-corrected chi connectivity index (χ0v) is 35.8. The molecule has 9 aromatic carbocycles. The van der Waals surface area contributed by atoms with E-state index in [2.05, 4.69) is 261 Å². The predicted octanol–water partition coefficient (Wildman–Crippen LogP) is 16.7. The van der Waals surface area contributed by atoms with Crippen molar-refractivity contribution in [2.45, 2.75) is 26.3 Å². The van der Waals surface area contributed by atoms with E-state index in [1.165, 1.54) is 89.0 Å². The number of hydrogen-bond acceptors (Lipinski definition) is 1. The van der Waals surface area contributed by atoms with Crippen LogP contribution in [-0.4, -0.2) is 6.04 Å². The van der Waals surface area contributed by atoms with Crippen molar-refractivity contribution in [3.8, 4) is 55.6 Å². The number of anilines is 2. The Kier molecular flexibility index (Phi) is 11.1. The van der Waals surface area contributed by atoms with Gasteiger partial charge < -0.3 is 4.90 Å². The van der Waals surface area contributed by atoms with Gasteiger partial charge in [0.05, 0.1) is 6.04 Å². The molecule has 9 aromatic rings. The van der Waals surface area contributed by atoms with Crippen molar-refractivity contribution >= 4 is 22.5 Å². The fourth-order valence-electron chi connectivity index (χ4n) is 9.22. The molecule has 1 heteroatoms. The van der Waals surface area contributed by atoms with Crippen LogP contribution in [0.1, 0.15) is 28.7 Å². The maximum absolute atomic E-state index is 2.57. The minimum Gasteiger partial charge on any atom is -0.334 e. The van der Waals surface area contributed by atoms with Crippen LogP contribution in [-0.2, 0) is 0 Å². The summed E-state index contributed by atoms with van der Waals surface area (Å²) in [6.07, 6.45) is 5.56. The van der Waals surface area contributed by atoms with Gasteiger partial charge in [0.25, 0.3) is 0 Å². The van der Waals surface area contributed by atoms with E-state index >= 15 is 0 Å². The van der Waals surface area contributed by atoms with Gasteiger partial charge in [-0.2, -0.15) is 0 Å². The third-order valence-corrected chi connectivity index (χ3v) is 12.6. The number of allylic oxidation sites excluding steroid dienone is 2. The molecule has 1 aliphatic rings. The lowest BCUT2D eigenvalue weighted by Gasteiger charge is -2.38. The third kappa shape index (κ3) is 8.22.